The van der Waals surface area contributed by atoms with E-state index in [1.54, 1.807) is 30.3 Å². The van der Waals surface area contributed by atoms with Crippen LogP contribution in [0.2, 0.25) is 5.02 Å². The van der Waals surface area contributed by atoms with Crippen LogP contribution in [0.1, 0.15) is 21.6 Å². The number of hydrogen-bond donors (Lipinski definition) is 1. The number of aromatic nitrogens is 3. The van der Waals surface area contributed by atoms with Gasteiger partial charge in [-0.25, -0.2) is 9.48 Å². The number of benzene rings is 2. The zero-order chi connectivity index (χ0) is 17.8. The van der Waals surface area contributed by atoms with Gasteiger partial charge in [0.1, 0.15) is 18.4 Å². The highest BCUT2D eigenvalue weighted by atomic mass is 35.5. The molecule has 25 heavy (non-hydrogen) atoms. The molecule has 0 aliphatic heterocycles. The highest BCUT2D eigenvalue weighted by molar-refractivity contribution is 6.30. The number of carboxylic acid groups (broad SMARTS) is 1. The van der Waals surface area contributed by atoms with Gasteiger partial charge in [-0.1, -0.05) is 28.9 Å². The Balaban J connectivity index is 1.80. The first-order valence-corrected chi connectivity index (χ1v) is 7.52. The van der Waals surface area contributed by atoms with E-state index in [1.807, 2.05) is 12.1 Å². The fourth-order valence-corrected chi connectivity index (χ4v) is 2.23. The van der Waals surface area contributed by atoms with E-state index in [0.29, 0.717) is 22.0 Å². The van der Waals surface area contributed by atoms with Gasteiger partial charge in [-0.05, 0) is 35.9 Å². The lowest BCUT2D eigenvalue weighted by molar-refractivity contribution is 0.0690. The molecular formula is C17H11ClN4O3. The lowest BCUT2D eigenvalue weighted by Gasteiger charge is -2.09. The molecule has 0 amide bonds. The summed E-state index contributed by atoms with van der Waals surface area (Å²) in [7, 11) is 0. The predicted molar refractivity (Wildman–Crippen MR) is 88.8 cm³/mol. The SMILES string of the molecule is N#Cc1cc(-n2cc(C(=O)O)nn2)ccc1OCc1ccc(Cl)cc1. The molecule has 0 spiro atoms. The molecule has 7 nitrogen and oxygen atoms in total. The molecular weight excluding hydrogens is 344 g/mol. The summed E-state index contributed by atoms with van der Waals surface area (Å²) in [6.45, 7) is 0.289. The van der Waals surface area contributed by atoms with Crippen LogP contribution >= 0.6 is 11.6 Å². The zero-order valence-electron chi connectivity index (χ0n) is 12.8. The van der Waals surface area contributed by atoms with Crippen LogP contribution in [0.4, 0.5) is 0 Å². The first-order valence-electron chi connectivity index (χ1n) is 7.14. The third kappa shape index (κ3) is 3.76. The summed E-state index contributed by atoms with van der Waals surface area (Å²) in [6.07, 6.45) is 1.27. The van der Waals surface area contributed by atoms with Crippen LogP contribution < -0.4 is 4.74 Å². The van der Waals surface area contributed by atoms with E-state index >= 15 is 0 Å². The summed E-state index contributed by atoms with van der Waals surface area (Å²) >= 11 is 5.84. The highest BCUT2D eigenvalue weighted by Gasteiger charge is 2.11. The largest absolute Gasteiger partial charge is 0.488 e. The quantitative estimate of drug-likeness (QED) is 0.755. The minimum absolute atomic E-state index is 0.179. The fraction of sp³-hybridized carbons (Fsp3) is 0.0588. The molecule has 0 saturated heterocycles. The number of ether oxygens (including phenoxy) is 1. The van der Waals surface area contributed by atoms with E-state index in [2.05, 4.69) is 16.4 Å². The second-order valence-corrected chi connectivity index (χ2v) is 5.50. The Labute approximate surface area is 147 Å². The van der Waals surface area contributed by atoms with E-state index in [9.17, 15) is 10.1 Å². The van der Waals surface area contributed by atoms with Gasteiger partial charge in [0.05, 0.1) is 17.4 Å². The molecule has 0 atom stereocenters. The average Bonchev–Trinajstić information content (AvgIpc) is 3.11. The van der Waals surface area contributed by atoms with E-state index in [4.69, 9.17) is 21.4 Å². The summed E-state index contributed by atoms with van der Waals surface area (Å²) in [5.41, 5.74) is 1.55. The van der Waals surface area contributed by atoms with Gasteiger partial charge in [-0.2, -0.15) is 5.26 Å². The van der Waals surface area contributed by atoms with E-state index < -0.39 is 5.97 Å². The molecule has 0 saturated carbocycles. The summed E-state index contributed by atoms with van der Waals surface area (Å²) in [5.74, 6) is -0.755. The third-order valence-electron chi connectivity index (χ3n) is 3.37. The number of carboxylic acids is 1. The van der Waals surface area contributed by atoms with Crippen molar-refractivity contribution in [1.82, 2.24) is 15.0 Å². The van der Waals surface area contributed by atoms with Crippen molar-refractivity contribution in [2.45, 2.75) is 6.61 Å². The van der Waals surface area contributed by atoms with Gasteiger partial charge in [-0.3, -0.25) is 0 Å². The average molecular weight is 355 g/mol. The first kappa shape index (κ1) is 16.5. The van der Waals surface area contributed by atoms with E-state index in [-0.39, 0.29) is 12.3 Å². The van der Waals surface area contributed by atoms with Gasteiger partial charge in [0.15, 0.2) is 5.69 Å². The topological polar surface area (TPSA) is 101 Å². The van der Waals surface area contributed by atoms with Gasteiger partial charge >= 0.3 is 5.97 Å². The molecule has 8 heteroatoms. The monoisotopic (exact) mass is 354 g/mol. The van der Waals surface area contributed by atoms with Crippen LogP contribution in [-0.2, 0) is 6.61 Å². The van der Waals surface area contributed by atoms with Crippen LogP contribution in [0.3, 0.4) is 0 Å². The van der Waals surface area contributed by atoms with E-state index in [1.165, 1.54) is 10.9 Å². The second kappa shape index (κ2) is 7.03. The molecule has 2 aromatic carbocycles. The normalized spacial score (nSPS) is 10.2. The van der Waals surface area contributed by atoms with Crippen molar-refractivity contribution in [1.29, 1.82) is 5.26 Å². The Kier molecular flexibility index (Phi) is 4.64. The molecule has 0 radical (unpaired) electrons. The van der Waals surface area contributed by atoms with Gasteiger partial charge in [-0.15, -0.1) is 5.10 Å². The van der Waals surface area contributed by atoms with Crippen molar-refractivity contribution >= 4 is 17.6 Å². The highest BCUT2D eigenvalue weighted by Crippen LogP contribution is 2.22. The van der Waals surface area contributed by atoms with Gasteiger partial charge in [0.25, 0.3) is 0 Å². The smallest absolute Gasteiger partial charge is 0.358 e. The van der Waals surface area contributed by atoms with Crippen LogP contribution in [0, 0.1) is 11.3 Å². The first-order chi connectivity index (χ1) is 12.1. The summed E-state index contributed by atoms with van der Waals surface area (Å²) < 4.78 is 6.97. The summed E-state index contributed by atoms with van der Waals surface area (Å²) in [5, 5.41) is 26.1. The minimum atomic E-state index is -1.17. The molecule has 0 unspecified atom stereocenters. The Hall–Kier alpha value is -3.37. The Morgan fingerprint density at radius 2 is 2.04 bits per heavy atom. The number of nitriles is 1. The number of hydrogen-bond acceptors (Lipinski definition) is 5. The molecule has 0 aliphatic carbocycles. The number of nitrogens with zero attached hydrogens (tertiary/aromatic N) is 4. The van der Waals surface area contributed by atoms with Crippen LogP contribution in [0.5, 0.6) is 5.75 Å². The van der Waals surface area contributed by atoms with Crippen molar-refractivity contribution in [3.05, 3.63) is 70.5 Å². The van der Waals surface area contributed by atoms with Crippen molar-refractivity contribution in [2.24, 2.45) is 0 Å². The van der Waals surface area contributed by atoms with E-state index in [0.717, 1.165) is 5.56 Å². The molecule has 1 N–H and O–H groups in total. The van der Waals surface area contributed by atoms with Crippen LogP contribution in [0.15, 0.2) is 48.7 Å². The van der Waals surface area contributed by atoms with Crippen LogP contribution in [0.25, 0.3) is 5.69 Å². The van der Waals surface area contributed by atoms with Crippen molar-refractivity contribution in [3.63, 3.8) is 0 Å². The van der Waals surface area contributed by atoms with Gasteiger partial charge < -0.3 is 9.84 Å². The molecule has 3 rings (SSSR count). The standard InChI is InChI=1S/C17H11ClN4O3/c18-13-3-1-11(2-4-13)10-25-16-6-5-14(7-12(16)8-19)22-9-15(17(23)24)20-21-22/h1-7,9H,10H2,(H,23,24). The molecule has 3 aromatic rings. The Bertz CT molecular complexity index is 961. The molecule has 0 bridgehead atoms. The minimum Gasteiger partial charge on any atom is -0.488 e. The molecule has 1 aromatic heterocycles. The predicted octanol–water partition coefficient (Wildman–Crippen LogP) is 3.07. The van der Waals surface area contributed by atoms with Gasteiger partial charge in [0.2, 0.25) is 0 Å². The van der Waals surface area contributed by atoms with Crippen molar-refractivity contribution < 1.29 is 14.6 Å². The maximum absolute atomic E-state index is 10.9. The lowest BCUT2D eigenvalue weighted by atomic mass is 10.2. The number of halogens is 1. The summed E-state index contributed by atoms with van der Waals surface area (Å²) in [4.78, 5) is 10.9. The lowest BCUT2D eigenvalue weighted by Crippen LogP contribution is -2.00. The molecule has 1 heterocycles. The molecule has 124 valence electrons. The van der Waals surface area contributed by atoms with Crippen molar-refractivity contribution in [3.8, 4) is 17.5 Å². The molecule has 0 aliphatic rings. The maximum atomic E-state index is 10.9. The number of rotatable bonds is 5. The Morgan fingerprint density at radius 1 is 1.28 bits per heavy atom. The Morgan fingerprint density at radius 3 is 2.68 bits per heavy atom. The number of carbonyl (C=O) groups is 1. The van der Waals surface area contributed by atoms with Gasteiger partial charge in [0, 0.05) is 5.02 Å². The zero-order valence-corrected chi connectivity index (χ0v) is 13.5. The fourth-order valence-electron chi connectivity index (χ4n) is 2.10. The second-order valence-electron chi connectivity index (χ2n) is 5.06. The van der Waals surface area contributed by atoms with Crippen LogP contribution in [-0.4, -0.2) is 26.1 Å². The molecule has 0 fully saturated rings. The summed E-state index contributed by atoms with van der Waals surface area (Å²) in [6, 6.07) is 14.1. The van der Waals surface area contributed by atoms with Crippen molar-refractivity contribution in [2.75, 3.05) is 0 Å². The maximum Gasteiger partial charge on any atom is 0.358 e. The third-order valence-corrected chi connectivity index (χ3v) is 3.62. The number of aromatic carboxylic acids is 1.